The molecule has 1 aliphatic heterocycles. The number of para-hydroxylation sites is 2. The summed E-state index contributed by atoms with van der Waals surface area (Å²) in [6.07, 6.45) is 1.06. The van der Waals surface area contributed by atoms with Crippen LogP contribution in [-0.4, -0.2) is 44.5 Å². The number of hydrogen-bond acceptors (Lipinski definition) is 5. The molecule has 112 valence electrons. The number of guanidine groups is 1. The average Bonchev–Trinajstić information content (AvgIpc) is 2.91. The van der Waals surface area contributed by atoms with Crippen LogP contribution in [0.1, 0.15) is 6.42 Å². The van der Waals surface area contributed by atoms with Crippen molar-refractivity contribution >= 4 is 23.1 Å². The molecule has 1 atom stereocenters. The Morgan fingerprint density at radius 3 is 3.14 bits per heavy atom. The molecule has 7 heteroatoms. The molecule has 0 saturated carbocycles. The van der Waals surface area contributed by atoms with Gasteiger partial charge in [-0.25, -0.2) is 10.3 Å². The van der Waals surface area contributed by atoms with Gasteiger partial charge in [0.05, 0.1) is 13.2 Å². The molecule has 1 aliphatic rings. The molecule has 0 saturated heterocycles. The summed E-state index contributed by atoms with van der Waals surface area (Å²) < 4.78 is 10.7. The van der Waals surface area contributed by atoms with Crippen molar-refractivity contribution in [3.8, 4) is 0 Å². The minimum atomic E-state index is 0.494. The van der Waals surface area contributed by atoms with Crippen LogP contribution in [0.3, 0.4) is 0 Å². The van der Waals surface area contributed by atoms with Crippen molar-refractivity contribution in [3.05, 3.63) is 24.3 Å². The van der Waals surface area contributed by atoms with Gasteiger partial charge in [-0.2, -0.15) is 10.3 Å². The highest BCUT2D eigenvalue weighted by Gasteiger charge is 2.21. The molecule has 3 rings (SSSR count). The Bertz CT molecular complexity index is 592. The lowest BCUT2D eigenvalue weighted by Crippen LogP contribution is -3.24. The second-order valence-corrected chi connectivity index (χ2v) is 5.04. The van der Waals surface area contributed by atoms with Crippen molar-refractivity contribution in [3.63, 3.8) is 0 Å². The third-order valence-corrected chi connectivity index (χ3v) is 3.43. The van der Waals surface area contributed by atoms with Crippen LogP contribution in [0.5, 0.6) is 0 Å². The Hall–Kier alpha value is -2.12. The Balaban J connectivity index is 1.56. The molecule has 0 aliphatic carbocycles. The number of ether oxygens (including phenoxy) is 1. The number of nitrogens with zero attached hydrogens (tertiary/aromatic N) is 1. The average molecular weight is 291 g/mol. The van der Waals surface area contributed by atoms with E-state index in [1.807, 2.05) is 24.3 Å². The summed E-state index contributed by atoms with van der Waals surface area (Å²) in [6.45, 7) is 3.60. The topological polar surface area (TPSA) is 77.7 Å². The quantitative estimate of drug-likeness (QED) is 0.485. The van der Waals surface area contributed by atoms with Gasteiger partial charge in [0.25, 0.3) is 0 Å². The first kappa shape index (κ1) is 13.8. The number of anilines is 1. The second-order valence-electron chi connectivity index (χ2n) is 5.04. The van der Waals surface area contributed by atoms with E-state index in [4.69, 9.17) is 9.15 Å². The fraction of sp³-hybridized carbons (Fsp3) is 0.429. The molecule has 0 spiro atoms. The summed E-state index contributed by atoms with van der Waals surface area (Å²) in [6, 6.07) is 8.21. The minimum Gasteiger partial charge on any atom is -0.412 e. The maximum absolute atomic E-state index is 5.63. The SMILES string of the molecule is COCCC[NH+]1CNC(Nc2nc3ccccc3o2)=[NH+]C1. The lowest BCUT2D eigenvalue weighted by Gasteiger charge is -2.19. The lowest BCUT2D eigenvalue weighted by atomic mass is 10.3. The molecular formula is C14H21N5O2+2. The fourth-order valence-electron chi connectivity index (χ4n) is 2.32. The van der Waals surface area contributed by atoms with Gasteiger partial charge in [-0.1, -0.05) is 12.1 Å². The number of nitrogens with one attached hydrogen (secondary N) is 4. The third-order valence-electron chi connectivity index (χ3n) is 3.43. The summed E-state index contributed by atoms with van der Waals surface area (Å²) in [4.78, 5) is 9.13. The Kier molecular flexibility index (Phi) is 4.32. The van der Waals surface area contributed by atoms with Gasteiger partial charge >= 0.3 is 12.0 Å². The van der Waals surface area contributed by atoms with Crippen LogP contribution in [0.2, 0.25) is 0 Å². The van der Waals surface area contributed by atoms with E-state index in [1.165, 1.54) is 4.90 Å². The summed E-state index contributed by atoms with van der Waals surface area (Å²) in [5.41, 5.74) is 1.63. The number of quaternary nitrogens is 1. The first-order valence-electron chi connectivity index (χ1n) is 7.15. The zero-order valence-corrected chi connectivity index (χ0v) is 12.1. The lowest BCUT2D eigenvalue weighted by molar-refractivity contribution is -0.980. The van der Waals surface area contributed by atoms with Crippen molar-refractivity contribution in [2.24, 2.45) is 0 Å². The number of fused-ring (bicyclic) bond motifs is 1. The fourth-order valence-corrected chi connectivity index (χ4v) is 2.32. The van der Waals surface area contributed by atoms with Crippen LogP contribution < -0.4 is 20.5 Å². The summed E-state index contributed by atoms with van der Waals surface area (Å²) in [5.74, 6) is 0.831. The van der Waals surface area contributed by atoms with Crippen molar-refractivity contribution < 1.29 is 19.0 Å². The molecule has 1 unspecified atom stereocenters. The van der Waals surface area contributed by atoms with Crippen LogP contribution >= 0.6 is 0 Å². The Morgan fingerprint density at radius 1 is 1.48 bits per heavy atom. The van der Waals surface area contributed by atoms with Gasteiger partial charge in [0, 0.05) is 13.5 Å². The number of hydrogen-bond donors (Lipinski definition) is 4. The molecule has 0 fully saturated rings. The third kappa shape index (κ3) is 3.50. The van der Waals surface area contributed by atoms with Gasteiger partial charge in [-0.3, -0.25) is 4.90 Å². The van der Waals surface area contributed by atoms with Crippen LogP contribution in [-0.2, 0) is 4.74 Å². The summed E-state index contributed by atoms with van der Waals surface area (Å²) in [5, 5.41) is 6.44. The van der Waals surface area contributed by atoms with Crippen molar-refractivity contribution in [2.75, 3.05) is 38.9 Å². The van der Waals surface area contributed by atoms with Gasteiger partial charge in [-0.05, 0) is 12.1 Å². The second kappa shape index (κ2) is 6.55. The molecule has 1 aromatic heterocycles. The van der Waals surface area contributed by atoms with Gasteiger partial charge in [0.2, 0.25) is 0 Å². The van der Waals surface area contributed by atoms with E-state index >= 15 is 0 Å². The van der Waals surface area contributed by atoms with Gasteiger partial charge in [0.15, 0.2) is 18.9 Å². The largest absolute Gasteiger partial charge is 0.412 e. The van der Waals surface area contributed by atoms with Crippen LogP contribution in [0.25, 0.3) is 11.1 Å². The van der Waals surface area contributed by atoms with Crippen LogP contribution in [0.4, 0.5) is 6.01 Å². The zero-order valence-electron chi connectivity index (χ0n) is 12.1. The number of oxazole rings is 1. The first-order chi connectivity index (χ1) is 10.3. The molecule has 2 heterocycles. The maximum atomic E-state index is 5.63. The number of rotatable bonds is 5. The van der Waals surface area contributed by atoms with Gasteiger partial charge in [-0.15, -0.1) is 0 Å². The Morgan fingerprint density at radius 2 is 2.38 bits per heavy atom. The van der Waals surface area contributed by atoms with E-state index in [0.717, 1.165) is 50.0 Å². The zero-order chi connectivity index (χ0) is 14.5. The van der Waals surface area contributed by atoms with E-state index in [2.05, 4.69) is 20.6 Å². The normalized spacial score (nSPS) is 18.3. The molecule has 1 aromatic carbocycles. The standard InChI is InChI=1S/C14H19N5O2/c1-20-8-4-7-19-9-15-13(16-10-19)18-14-17-11-5-2-3-6-12(11)21-14/h2-3,5-6H,4,7-10H2,1H3,(H2,15,16,17,18)/p+2. The molecule has 2 aromatic rings. The predicted molar refractivity (Wildman–Crippen MR) is 78.8 cm³/mol. The molecule has 0 radical (unpaired) electrons. The van der Waals surface area contributed by atoms with E-state index in [0.29, 0.717) is 6.01 Å². The highest BCUT2D eigenvalue weighted by molar-refractivity contribution is 5.88. The molecule has 4 N–H and O–H groups in total. The van der Waals surface area contributed by atoms with E-state index < -0.39 is 0 Å². The minimum absolute atomic E-state index is 0.494. The van der Waals surface area contributed by atoms with E-state index in [1.54, 1.807) is 7.11 Å². The van der Waals surface area contributed by atoms with Gasteiger partial charge < -0.3 is 9.15 Å². The number of benzene rings is 1. The molecule has 21 heavy (non-hydrogen) atoms. The maximum Gasteiger partial charge on any atom is 0.365 e. The molecule has 0 amide bonds. The number of aromatic nitrogens is 1. The molecule has 7 nitrogen and oxygen atoms in total. The predicted octanol–water partition coefficient (Wildman–Crippen LogP) is -1.88. The highest BCUT2D eigenvalue weighted by Crippen LogP contribution is 2.17. The van der Waals surface area contributed by atoms with Crippen LogP contribution in [0, 0.1) is 0 Å². The van der Waals surface area contributed by atoms with Crippen molar-refractivity contribution in [1.29, 1.82) is 0 Å². The van der Waals surface area contributed by atoms with Crippen molar-refractivity contribution in [1.82, 2.24) is 10.3 Å². The van der Waals surface area contributed by atoms with Crippen molar-refractivity contribution in [2.45, 2.75) is 6.42 Å². The molecular weight excluding hydrogens is 270 g/mol. The highest BCUT2D eigenvalue weighted by atomic mass is 16.5. The van der Waals surface area contributed by atoms with Crippen LogP contribution in [0.15, 0.2) is 28.7 Å². The summed E-state index contributed by atoms with van der Waals surface area (Å²) in [7, 11) is 1.73. The number of methoxy groups -OCH3 is 1. The van der Waals surface area contributed by atoms with E-state index in [-0.39, 0.29) is 0 Å². The van der Waals surface area contributed by atoms with Gasteiger partial charge in [0.1, 0.15) is 5.52 Å². The van der Waals surface area contributed by atoms with E-state index in [9.17, 15) is 0 Å². The summed E-state index contributed by atoms with van der Waals surface area (Å²) >= 11 is 0. The molecule has 0 bridgehead atoms. The monoisotopic (exact) mass is 291 g/mol. The smallest absolute Gasteiger partial charge is 0.365 e. The Labute approximate surface area is 123 Å². The first-order valence-corrected chi connectivity index (χ1v) is 7.15.